The van der Waals surface area contributed by atoms with Gasteiger partial charge in [0.2, 0.25) is 0 Å². The lowest BCUT2D eigenvalue weighted by molar-refractivity contribution is 0.751. The molecule has 2 heterocycles. The number of hydrogen-bond acceptors (Lipinski definition) is 2. The SMILES string of the molecule is CC.Cc1c2ccncc2nn1C. The molecule has 0 fully saturated rings. The van der Waals surface area contributed by atoms with Crippen LogP contribution in [0.2, 0.25) is 0 Å². The van der Waals surface area contributed by atoms with Gasteiger partial charge in [-0.15, -0.1) is 0 Å². The van der Waals surface area contributed by atoms with Gasteiger partial charge in [0.05, 0.1) is 6.20 Å². The first-order valence-electron chi connectivity index (χ1n) is 4.52. The molecule has 0 saturated heterocycles. The van der Waals surface area contributed by atoms with E-state index in [1.165, 1.54) is 11.1 Å². The molecule has 3 nitrogen and oxygen atoms in total. The molecule has 0 amide bonds. The zero-order chi connectivity index (χ0) is 9.84. The molecule has 0 N–H and O–H groups in total. The minimum absolute atomic E-state index is 0.965. The van der Waals surface area contributed by atoms with Crippen LogP contribution in [0.3, 0.4) is 0 Å². The van der Waals surface area contributed by atoms with Crippen LogP contribution < -0.4 is 0 Å². The van der Waals surface area contributed by atoms with Gasteiger partial charge in [0.15, 0.2) is 0 Å². The Morgan fingerprint density at radius 1 is 1.31 bits per heavy atom. The molecular weight excluding hydrogens is 162 g/mol. The van der Waals surface area contributed by atoms with E-state index < -0.39 is 0 Å². The van der Waals surface area contributed by atoms with Crippen molar-refractivity contribution in [2.24, 2.45) is 7.05 Å². The van der Waals surface area contributed by atoms with Crippen molar-refractivity contribution in [2.45, 2.75) is 20.8 Å². The summed E-state index contributed by atoms with van der Waals surface area (Å²) in [4.78, 5) is 3.99. The molecule has 2 rings (SSSR count). The number of pyridine rings is 1. The van der Waals surface area contributed by atoms with Gasteiger partial charge >= 0.3 is 0 Å². The molecule has 0 radical (unpaired) electrons. The molecular formula is C10H15N3. The zero-order valence-corrected chi connectivity index (χ0v) is 8.57. The van der Waals surface area contributed by atoms with Gasteiger partial charge in [0.25, 0.3) is 0 Å². The monoisotopic (exact) mass is 177 g/mol. The average molecular weight is 177 g/mol. The second-order valence-corrected chi connectivity index (χ2v) is 2.60. The molecule has 0 unspecified atom stereocenters. The van der Waals surface area contributed by atoms with Gasteiger partial charge < -0.3 is 0 Å². The van der Waals surface area contributed by atoms with Crippen LogP contribution in [0.4, 0.5) is 0 Å². The third kappa shape index (κ3) is 1.69. The molecule has 2 aromatic rings. The van der Waals surface area contributed by atoms with Crippen LogP contribution in [0.25, 0.3) is 10.9 Å². The maximum absolute atomic E-state index is 4.27. The highest BCUT2D eigenvalue weighted by atomic mass is 15.3. The topological polar surface area (TPSA) is 30.7 Å². The average Bonchev–Trinajstić information content (AvgIpc) is 2.47. The maximum Gasteiger partial charge on any atom is 0.111 e. The van der Waals surface area contributed by atoms with Crippen LogP contribution >= 0.6 is 0 Å². The third-order valence-electron chi connectivity index (χ3n) is 1.93. The first-order valence-corrected chi connectivity index (χ1v) is 4.52. The molecule has 70 valence electrons. The minimum atomic E-state index is 0.965. The first kappa shape index (κ1) is 9.71. The summed E-state index contributed by atoms with van der Waals surface area (Å²) in [5.74, 6) is 0. The number of aromatic nitrogens is 3. The summed E-state index contributed by atoms with van der Waals surface area (Å²) in [6, 6.07) is 1.98. The summed E-state index contributed by atoms with van der Waals surface area (Å²) in [7, 11) is 1.94. The molecule has 0 aromatic carbocycles. The molecule has 0 spiro atoms. The molecule has 0 bridgehead atoms. The van der Waals surface area contributed by atoms with Gasteiger partial charge in [-0.1, -0.05) is 13.8 Å². The summed E-state index contributed by atoms with van der Waals surface area (Å²) in [6.07, 6.45) is 3.57. The Morgan fingerprint density at radius 2 is 2.00 bits per heavy atom. The van der Waals surface area contributed by atoms with Gasteiger partial charge in [-0.2, -0.15) is 5.10 Å². The molecule has 0 aliphatic rings. The van der Waals surface area contributed by atoms with Crippen LogP contribution in [-0.4, -0.2) is 14.8 Å². The lowest BCUT2D eigenvalue weighted by Crippen LogP contribution is -1.91. The van der Waals surface area contributed by atoms with Crippen LogP contribution in [0.1, 0.15) is 19.5 Å². The minimum Gasteiger partial charge on any atom is -0.272 e. The van der Waals surface area contributed by atoms with Crippen molar-refractivity contribution in [3.05, 3.63) is 24.2 Å². The Labute approximate surface area is 78.4 Å². The predicted molar refractivity (Wildman–Crippen MR) is 54.6 cm³/mol. The van der Waals surface area contributed by atoms with Crippen molar-refractivity contribution in [2.75, 3.05) is 0 Å². The number of nitrogens with zero attached hydrogens (tertiary/aromatic N) is 3. The van der Waals surface area contributed by atoms with Gasteiger partial charge in [0.1, 0.15) is 5.52 Å². The lowest BCUT2D eigenvalue weighted by Gasteiger charge is -1.89. The summed E-state index contributed by atoms with van der Waals surface area (Å²) >= 11 is 0. The quantitative estimate of drug-likeness (QED) is 0.618. The Morgan fingerprint density at radius 3 is 2.62 bits per heavy atom. The molecule has 13 heavy (non-hydrogen) atoms. The van der Waals surface area contributed by atoms with Gasteiger partial charge in [-0.05, 0) is 13.0 Å². The van der Waals surface area contributed by atoms with E-state index >= 15 is 0 Å². The van der Waals surface area contributed by atoms with Crippen molar-refractivity contribution in [1.29, 1.82) is 0 Å². The molecule has 0 saturated carbocycles. The largest absolute Gasteiger partial charge is 0.272 e. The number of hydrogen-bond donors (Lipinski definition) is 0. The van der Waals surface area contributed by atoms with Crippen molar-refractivity contribution in [1.82, 2.24) is 14.8 Å². The van der Waals surface area contributed by atoms with Gasteiger partial charge in [-0.3, -0.25) is 9.67 Å². The summed E-state index contributed by atoms with van der Waals surface area (Å²) < 4.78 is 1.87. The van der Waals surface area contributed by atoms with E-state index in [-0.39, 0.29) is 0 Å². The van der Waals surface area contributed by atoms with Gasteiger partial charge in [0, 0.05) is 24.3 Å². The third-order valence-corrected chi connectivity index (χ3v) is 1.93. The normalized spacial score (nSPS) is 9.54. The maximum atomic E-state index is 4.27. The Bertz CT molecular complexity index is 390. The van der Waals surface area contributed by atoms with E-state index in [2.05, 4.69) is 17.0 Å². The Kier molecular flexibility index (Phi) is 3.01. The highest BCUT2D eigenvalue weighted by Crippen LogP contribution is 2.13. The summed E-state index contributed by atoms with van der Waals surface area (Å²) in [5, 5.41) is 5.45. The van der Waals surface area contributed by atoms with Crippen LogP contribution in [0.15, 0.2) is 18.5 Å². The fraction of sp³-hybridized carbons (Fsp3) is 0.400. The van der Waals surface area contributed by atoms with E-state index in [4.69, 9.17) is 0 Å². The first-order chi connectivity index (χ1) is 6.29. The molecule has 0 atom stereocenters. The second-order valence-electron chi connectivity index (χ2n) is 2.60. The summed E-state index contributed by atoms with van der Waals surface area (Å²) in [6.45, 7) is 6.05. The molecule has 2 aromatic heterocycles. The Balaban J connectivity index is 0.000000396. The number of aryl methyl sites for hydroxylation is 2. The van der Waals surface area contributed by atoms with Crippen molar-refractivity contribution >= 4 is 10.9 Å². The highest BCUT2D eigenvalue weighted by Gasteiger charge is 2.01. The van der Waals surface area contributed by atoms with E-state index in [1.54, 1.807) is 12.4 Å². The fourth-order valence-corrected chi connectivity index (χ4v) is 1.18. The second kappa shape index (κ2) is 4.03. The smallest absolute Gasteiger partial charge is 0.111 e. The van der Waals surface area contributed by atoms with Crippen molar-refractivity contribution < 1.29 is 0 Å². The standard InChI is InChI=1S/C8H9N3.C2H6/c1-6-7-3-4-9-5-8(7)10-11(6)2;1-2/h3-5H,1-2H3;1-2H3. The number of fused-ring (bicyclic) bond motifs is 1. The van der Waals surface area contributed by atoms with E-state index in [1.807, 2.05) is 31.6 Å². The zero-order valence-electron chi connectivity index (χ0n) is 8.57. The number of rotatable bonds is 0. The van der Waals surface area contributed by atoms with E-state index in [0.29, 0.717) is 0 Å². The Hall–Kier alpha value is -1.38. The lowest BCUT2D eigenvalue weighted by atomic mass is 10.3. The van der Waals surface area contributed by atoms with Crippen LogP contribution in [-0.2, 0) is 7.05 Å². The van der Waals surface area contributed by atoms with Gasteiger partial charge in [-0.25, -0.2) is 0 Å². The molecule has 0 aliphatic carbocycles. The predicted octanol–water partition coefficient (Wildman–Crippen LogP) is 2.30. The van der Waals surface area contributed by atoms with Crippen molar-refractivity contribution in [3.63, 3.8) is 0 Å². The van der Waals surface area contributed by atoms with Crippen LogP contribution in [0.5, 0.6) is 0 Å². The highest BCUT2D eigenvalue weighted by molar-refractivity contribution is 5.80. The molecule has 0 aliphatic heterocycles. The fourth-order valence-electron chi connectivity index (χ4n) is 1.18. The van der Waals surface area contributed by atoms with Crippen molar-refractivity contribution in [3.8, 4) is 0 Å². The molecule has 3 heteroatoms. The van der Waals surface area contributed by atoms with Crippen LogP contribution in [0, 0.1) is 6.92 Å². The summed E-state index contributed by atoms with van der Waals surface area (Å²) in [5.41, 5.74) is 2.15. The van der Waals surface area contributed by atoms with E-state index in [9.17, 15) is 0 Å². The van der Waals surface area contributed by atoms with E-state index in [0.717, 1.165) is 5.52 Å².